The summed E-state index contributed by atoms with van der Waals surface area (Å²) in [5, 5.41) is 1.95. The van der Waals surface area contributed by atoms with Crippen LogP contribution in [0, 0.1) is 13.8 Å². The molecule has 37 heavy (non-hydrogen) atoms. The third-order valence-corrected chi connectivity index (χ3v) is 7.25. The van der Waals surface area contributed by atoms with Crippen LogP contribution in [-0.4, -0.2) is 14.4 Å². The maximum Gasteiger partial charge on any atom is 0.198 e. The molecule has 0 N–H and O–H groups in total. The molecule has 0 atom stereocenters. The number of para-hydroxylation sites is 1. The van der Waals surface area contributed by atoms with Gasteiger partial charge in [-0.25, -0.2) is 9.97 Å². The van der Waals surface area contributed by atoms with Crippen molar-refractivity contribution < 1.29 is 0 Å². The van der Waals surface area contributed by atoms with E-state index in [0.29, 0.717) is 38.4 Å². The molecule has 0 unspecified atom stereocenters. The predicted octanol–water partition coefficient (Wildman–Crippen LogP) is 6.30. The largest absolute Gasteiger partial charge is 0.288 e. The van der Waals surface area contributed by atoms with E-state index < -0.39 is 0 Å². The van der Waals surface area contributed by atoms with Crippen molar-refractivity contribution in [2.75, 3.05) is 0 Å². The highest BCUT2D eigenvalue weighted by atomic mass is 16.1. The number of hydrogen-bond acceptors (Lipinski definition) is 4. The first-order chi connectivity index (χ1) is 18.0. The van der Waals surface area contributed by atoms with E-state index >= 15 is 0 Å². The number of aryl methyl sites for hydroxylation is 2. The van der Waals surface area contributed by atoms with Crippen LogP contribution in [0.5, 0.6) is 0 Å². The molecule has 0 aliphatic heterocycles. The van der Waals surface area contributed by atoms with Crippen molar-refractivity contribution in [2.24, 2.45) is 0 Å². The zero-order valence-electron chi connectivity index (χ0n) is 20.3. The zero-order chi connectivity index (χ0) is 25.3. The van der Waals surface area contributed by atoms with Crippen molar-refractivity contribution in [3.63, 3.8) is 0 Å². The maximum atomic E-state index is 13.6. The lowest BCUT2D eigenvalue weighted by atomic mass is 10.0. The molecule has 0 saturated carbocycles. The Hall–Kier alpha value is -4.90. The topological polar surface area (TPSA) is 64.3 Å². The SMILES string of the molecule is Cc1ccccc1-c1ccc2c(=O)c3cccc4c(=O)c5ccc(-c6ccccc6C)nc5n(c2n1)c34. The van der Waals surface area contributed by atoms with Gasteiger partial charge in [0.1, 0.15) is 0 Å². The summed E-state index contributed by atoms with van der Waals surface area (Å²) in [6.07, 6.45) is 0. The summed E-state index contributed by atoms with van der Waals surface area (Å²) < 4.78 is 1.90. The number of nitrogens with zero attached hydrogens (tertiary/aromatic N) is 3. The van der Waals surface area contributed by atoms with E-state index in [-0.39, 0.29) is 10.9 Å². The highest BCUT2D eigenvalue weighted by Crippen LogP contribution is 2.30. The summed E-state index contributed by atoms with van der Waals surface area (Å²) in [5.74, 6) is 0. The highest BCUT2D eigenvalue weighted by molar-refractivity contribution is 6.06. The molecule has 0 amide bonds. The third-order valence-electron chi connectivity index (χ3n) is 7.25. The molecule has 5 nitrogen and oxygen atoms in total. The Morgan fingerprint density at radius 1 is 0.514 bits per heavy atom. The first-order valence-corrected chi connectivity index (χ1v) is 12.2. The summed E-state index contributed by atoms with van der Waals surface area (Å²) in [7, 11) is 0. The third kappa shape index (κ3) is 3.04. The van der Waals surface area contributed by atoms with Crippen LogP contribution in [0.1, 0.15) is 11.1 Å². The lowest BCUT2D eigenvalue weighted by Crippen LogP contribution is -2.15. The summed E-state index contributed by atoms with van der Waals surface area (Å²) >= 11 is 0. The van der Waals surface area contributed by atoms with E-state index in [1.807, 2.05) is 91.0 Å². The number of fused-ring (bicyclic) bond motifs is 4. The van der Waals surface area contributed by atoms with E-state index in [4.69, 9.17) is 9.97 Å². The van der Waals surface area contributed by atoms with Gasteiger partial charge in [0.15, 0.2) is 22.2 Å². The Labute approximate surface area is 211 Å². The van der Waals surface area contributed by atoms with Crippen molar-refractivity contribution in [3.05, 3.63) is 123 Å². The average molecular weight is 480 g/mol. The second-order valence-corrected chi connectivity index (χ2v) is 9.46. The Balaban J connectivity index is 1.72. The quantitative estimate of drug-likeness (QED) is 0.216. The molecule has 0 fully saturated rings. The second kappa shape index (κ2) is 7.80. The van der Waals surface area contributed by atoms with Crippen molar-refractivity contribution in [1.82, 2.24) is 14.4 Å². The molecule has 4 heterocycles. The number of hydrogen-bond donors (Lipinski definition) is 0. The molecular weight excluding hydrogens is 458 g/mol. The molecule has 7 rings (SSSR count). The van der Waals surface area contributed by atoms with E-state index in [9.17, 15) is 9.59 Å². The molecule has 0 bridgehead atoms. The molecule has 0 aliphatic rings. The summed E-state index contributed by atoms with van der Waals surface area (Å²) in [4.78, 5) is 37.3. The number of benzene rings is 3. The maximum absolute atomic E-state index is 13.6. The van der Waals surface area contributed by atoms with Gasteiger partial charge in [0.25, 0.3) is 0 Å². The van der Waals surface area contributed by atoms with Crippen LogP contribution in [0.25, 0.3) is 60.9 Å². The lowest BCUT2D eigenvalue weighted by molar-refractivity contribution is 1.18. The molecule has 5 heteroatoms. The fourth-order valence-electron chi connectivity index (χ4n) is 5.37. The van der Waals surface area contributed by atoms with Crippen molar-refractivity contribution >= 4 is 38.4 Å². The van der Waals surface area contributed by atoms with Crippen LogP contribution < -0.4 is 10.9 Å². The molecule has 3 aromatic carbocycles. The minimum Gasteiger partial charge on any atom is -0.288 e. The lowest BCUT2D eigenvalue weighted by Gasteiger charge is -2.15. The van der Waals surface area contributed by atoms with Gasteiger partial charge in [0.2, 0.25) is 0 Å². The molecule has 0 spiro atoms. The smallest absolute Gasteiger partial charge is 0.198 e. The van der Waals surface area contributed by atoms with Crippen LogP contribution in [-0.2, 0) is 0 Å². The van der Waals surface area contributed by atoms with Crippen molar-refractivity contribution in [3.8, 4) is 22.5 Å². The van der Waals surface area contributed by atoms with Gasteiger partial charge in [-0.15, -0.1) is 0 Å². The van der Waals surface area contributed by atoms with Gasteiger partial charge in [-0.05, 0) is 61.4 Å². The normalized spacial score (nSPS) is 11.7. The fourth-order valence-corrected chi connectivity index (χ4v) is 5.37. The van der Waals surface area contributed by atoms with Gasteiger partial charge in [-0.3, -0.25) is 14.0 Å². The standard InChI is InChI=1S/C32H21N3O2/c1-18-8-3-5-10-20(18)26-16-14-24-29(36)22-12-7-13-23-28(22)35(31(24)33-26)32-25(30(23)37)15-17-27(34-32)21-11-6-4-9-19(21)2/h3-17H,1-2H3. The first-order valence-electron chi connectivity index (χ1n) is 12.2. The van der Waals surface area contributed by atoms with E-state index in [0.717, 1.165) is 33.6 Å². The van der Waals surface area contributed by atoms with E-state index in [1.165, 1.54) is 0 Å². The van der Waals surface area contributed by atoms with Crippen LogP contribution in [0.15, 0.2) is 101 Å². The minimum atomic E-state index is -0.141. The summed E-state index contributed by atoms with van der Waals surface area (Å²) in [6, 6.07) is 28.8. The molecule has 0 saturated heterocycles. The average Bonchev–Trinajstić information content (AvgIpc) is 2.92. The number of pyridine rings is 4. The predicted molar refractivity (Wildman–Crippen MR) is 150 cm³/mol. The van der Waals surface area contributed by atoms with Gasteiger partial charge in [0, 0.05) is 21.9 Å². The number of aromatic nitrogens is 3. The highest BCUT2D eigenvalue weighted by Gasteiger charge is 2.20. The monoisotopic (exact) mass is 479 g/mol. The van der Waals surface area contributed by atoms with Crippen LogP contribution in [0.2, 0.25) is 0 Å². The molecule has 0 radical (unpaired) electrons. The summed E-state index contributed by atoms with van der Waals surface area (Å²) in [5.41, 5.74) is 6.96. The summed E-state index contributed by atoms with van der Waals surface area (Å²) in [6.45, 7) is 4.08. The minimum absolute atomic E-state index is 0.141. The molecular formula is C32H21N3O2. The Bertz CT molecular complexity index is 2010. The van der Waals surface area contributed by atoms with Crippen LogP contribution in [0.4, 0.5) is 0 Å². The fraction of sp³-hybridized carbons (Fsp3) is 0.0625. The van der Waals surface area contributed by atoms with Gasteiger partial charge in [-0.2, -0.15) is 0 Å². The van der Waals surface area contributed by atoms with Crippen LogP contribution in [0.3, 0.4) is 0 Å². The first kappa shape index (κ1) is 21.4. The molecule has 7 aromatic rings. The Kier molecular flexibility index (Phi) is 4.51. The Morgan fingerprint density at radius 3 is 1.43 bits per heavy atom. The Morgan fingerprint density at radius 2 is 0.973 bits per heavy atom. The molecule has 4 aromatic heterocycles. The van der Waals surface area contributed by atoms with Crippen molar-refractivity contribution in [2.45, 2.75) is 13.8 Å². The molecule has 176 valence electrons. The van der Waals surface area contributed by atoms with Crippen LogP contribution >= 0.6 is 0 Å². The van der Waals surface area contributed by atoms with E-state index in [1.54, 1.807) is 18.2 Å². The van der Waals surface area contributed by atoms with Gasteiger partial charge >= 0.3 is 0 Å². The van der Waals surface area contributed by atoms with Gasteiger partial charge in [-0.1, -0.05) is 54.6 Å². The molecule has 0 aliphatic carbocycles. The zero-order valence-corrected chi connectivity index (χ0v) is 20.3. The van der Waals surface area contributed by atoms with Gasteiger partial charge in [0.05, 0.1) is 27.7 Å². The van der Waals surface area contributed by atoms with E-state index in [2.05, 4.69) is 0 Å². The number of rotatable bonds is 2. The van der Waals surface area contributed by atoms with Crippen molar-refractivity contribution in [1.29, 1.82) is 0 Å². The second-order valence-electron chi connectivity index (χ2n) is 9.46. The van der Waals surface area contributed by atoms with Gasteiger partial charge < -0.3 is 0 Å².